The van der Waals surface area contributed by atoms with Crippen LogP contribution in [0.1, 0.15) is 59.8 Å². The number of nitrogens with two attached hydrogens (primary N) is 1. The predicted octanol–water partition coefficient (Wildman–Crippen LogP) is 2.58. The van der Waals surface area contributed by atoms with Gasteiger partial charge in [0.05, 0.1) is 0 Å². The van der Waals surface area contributed by atoms with Crippen molar-refractivity contribution in [1.29, 1.82) is 0 Å². The van der Waals surface area contributed by atoms with Gasteiger partial charge >= 0.3 is 0 Å². The van der Waals surface area contributed by atoms with Crippen LogP contribution in [0.25, 0.3) is 0 Å². The topological polar surface area (TPSA) is 78.9 Å². The third-order valence-corrected chi connectivity index (χ3v) is 3.52. The van der Waals surface area contributed by atoms with Crippen LogP contribution in [-0.2, 0) is 4.79 Å². The lowest BCUT2D eigenvalue weighted by atomic mass is 9.76. The van der Waals surface area contributed by atoms with Crippen molar-refractivity contribution in [3.8, 4) is 0 Å². The lowest BCUT2D eigenvalue weighted by molar-refractivity contribution is -0.139. The summed E-state index contributed by atoms with van der Waals surface area (Å²) in [4.78, 5) is 14.6. The molecule has 0 bridgehead atoms. The first kappa shape index (κ1) is 17.7. The number of carbonyl (C=O) groups excluding carboxylic acids is 1. The first-order valence-electron chi connectivity index (χ1n) is 7.31. The molecule has 0 heterocycles. The van der Waals surface area contributed by atoms with Gasteiger partial charge in [-0.15, -0.1) is 0 Å². The van der Waals surface area contributed by atoms with Gasteiger partial charge in [-0.1, -0.05) is 38.8 Å². The number of hydrogen-bond acceptors (Lipinski definition) is 3. The van der Waals surface area contributed by atoms with Gasteiger partial charge in [0.15, 0.2) is 5.84 Å². The van der Waals surface area contributed by atoms with Gasteiger partial charge in [-0.05, 0) is 26.2 Å². The molecule has 19 heavy (non-hydrogen) atoms. The predicted molar refractivity (Wildman–Crippen MR) is 78.2 cm³/mol. The van der Waals surface area contributed by atoms with Gasteiger partial charge in [0.25, 0.3) is 0 Å². The summed E-state index contributed by atoms with van der Waals surface area (Å²) in [5.41, 5.74) is 5.02. The van der Waals surface area contributed by atoms with E-state index < -0.39 is 5.41 Å². The van der Waals surface area contributed by atoms with Gasteiger partial charge < -0.3 is 15.8 Å². The highest BCUT2D eigenvalue weighted by Gasteiger charge is 2.43. The average molecular weight is 271 g/mol. The first-order chi connectivity index (χ1) is 9.03. The van der Waals surface area contributed by atoms with E-state index >= 15 is 0 Å². The SMILES string of the molecule is CCCN(CC)C(=O)C(CCC)(CCC)C(N)=NO. The van der Waals surface area contributed by atoms with Crippen LogP contribution in [-0.4, -0.2) is 34.9 Å². The molecule has 112 valence electrons. The Balaban J connectivity index is 5.46. The van der Waals surface area contributed by atoms with E-state index in [4.69, 9.17) is 10.9 Å². The molecule has 1 amide bonds. The summed E-state index contributed by atoms with van der Waals surface area (Å²) in [6.07, 6.45) is 3.80. The maximum atomic E-state index is 12.8. The molecule has 0 saturated carbocycles. The normalized spacial score (nSPS) is 12.5. The van der Waals surface area contributed by atoms with Crippen LogP contribution in [0.4, 0.5) is 0 Å². The zero-order valence-electron chi connectivity index (χ0n) is 12.8. The highest BCUT2D eigenvalue weighted by Crippen LogP contribution is 2.33. The van der Waals surface area contributed by atoms with Crippen molar-refractivity contribution in [3.63, 3.8) is 0 Å². The van der Waals surface area contributed by atoms with E-state index in [1.54, 1.807) is 0 Å². The summed E-state index contributed by atoms with van der Waals surface area (Å²) in [7, 11) is 0. The molecule has 0 aromatic rings. The fourth-order valence-electron chi connectivity index (χ4n) is 2.63. The number of hydrogen-bond donors (Lipinski definition) is 2. The monoisotopic (exact) mass is 271 g/mol. The van der Waals surface area contributed by atoms with Crippen LogP contribution in [0.5, 0.6) is 0 Å². The van der Waals surface area contributed by atoms with Crippen molar-refractivity contribution >= 4 is 11.7 Å². The Labute approximate surface area is 116 Å². The van der Waals surface area contributed by atoms with Gasteiger partial charge in [0.1, 0.15) is 5.41 Å². The Hall–Kier alpha value is -1.26. The summed E-state index contributed by atoms with van der Waals surface area (Å²) < 4.78 is 0. The summed E-state index contributed by atoms with van der Waals surface area (Å²) >= 11 is 0. The molecule has 0 aromatic carbocycles. The van der Waals surface area contributed by atoms with E-state index in [1.807, 2.05) is 32.6 Å². The van der Waals surface area contributed by atoms with Crippen LogP contribution < -0.4 is 5.73 Å². The van der Waals surface area contributed by atoms with Crippen molar-refractivity contribution < 1.29 is 10.0 Å². The summed E-state index contributed by atoms with van der Waals surface area (Å²) in [6.45, 7) is 9.39. The Kier molecular flexibility index (Phi) is 8.19. The Morgan fingerprint density at radius 3 is 2.00 bits per heavy atom. The third kappa shape index (κ3) is 4.11. The van der Waals surface area contributed by atoms with Crippen LogP contribution >= 0.6 is 0 Å². The molecule has 0 aliphatic rings. The first-order valence-corrected chi connectivity index (χ1v) is 7.31. The molecular formula is C14H29N3O2. The average Bonchev–Trinajstić information content (AvgIpc) is 2.42. The molecule has 0 aliphatic carbocycles. The third-order valence-electron chi connectivity index (χ3n) is 3.52. The molecule has 0 rings (SSSR count). The Morgan fingerprint density at radius 2 is 1.68 bits per heavy atom. The molecule has 5 nitrogen and oxygen atoms in total. The Morgan fingerprint density at radius 1 is 1.16 bits per heavy atom. The fraction of sp³-hybridized carbons (Fsp3) is 0.857. The molecule has 0 atom stereocenters. The second-order valence-corrected chi connectivity index (χ2v) is 4.95. The van der Waals surface area contributed by atoms with E-state index in [0.29, 0.717) is 25.9 Å². The highest BCUT2D eigenvalue weighted by molar-refractivity contribution is 6.06. The minimum atomic E-state index is -0.844. The zero-order valence-corrected chi connectivity index (χ0v) is 12.8. The van der Waals surface area contributed by atoms with E-state index in [-0.39, 0.29) is 11.7 Å². The molecule has 0 radical (unpaired) electrons. The van der Waals surface area contributed by atoms with Crippen LogP contribution in [0.15, 0.2) is 5.16 Å². The number of rotatable bonds is 9. The van der Waals surface area contributed by atoms with E-state index in [2.05, 4.69) is 5.16 Å². The van der Waals surface area contributed by atoms with E-state index in [9.17, 15) is 4.79 Å². The lowest BCUT2D eigenvalue weighted by Gasteiger charge is -2.35. The molecule has 3 N–H and O–H groups in total. The van der Waals surface area contributed by atoms with Crippen LogP contribution in [0, 0.1) is 5.41 Å². The van der Waals surface area contributed by atoms with Gasteiger partial charge in [-0.3, -0.25) is 4.79 Å². The maximum Gasteiger partial charge on any atom is 0.236 e. The molecule has 0 fully saturated rings. The number of nitrogens with zero attached hydrogens (tertiary/aromatic N) is 2. The van der Waals surface area contributed by atoms with Crippen molar-refractivity contribution in [2.45, 2.75) is 59.8 Å². The molecule has 0 spiro atoms. The van der Waals surface area contributed by atoms with E-state index in [1.165, 1.54) is 0 Å². The maximum absolute atomic E-state index is 12.8. The minimum Gasteiger partial charge on any atom is -0.409 e. The van der Waals surface area contributed by atoms with Crippen molar-refractivity contribution in [2.75, 3.05) is 13.1 Å². The standard InChI is InChI=1S/C14H29N3O2/c1-5-9-14(10-6-2,12(15)16-19)13(18)17(8-4)11-7-3/h19H,5-11H2,1-4H3,(H2,15,16). The van der Waals surface area contributed by atoms with Crippen molar-refractivity contribution in [2.24, 2.45) is 16.3 Å². The number of amidine groups is 1. The number of carbonyl (C=O) groups is 1. The van der Waals surface area contributed by atoms with Crippen LogP contribution in [0.2, 0.25) is 0 Å². The molecule has 5 heteroatoms. The van der Waals surface area contributed by atoms with Gasteiger partial charge in [-0.2, -0.15) is 0 Å². The molecule has 0 unspecified atom stereocenters. The molecule has 0 aromatic heterocycles. The fourth-order valence-corrected chi connectivity index (χ4v) is 2.63. The number of oxime groups is 1. The smallest absolute Gasteiger partial charge is 0.236 e. The van der Waals surface area contributed by atoms with E-state index in [0.717, 1.165) is 19.3 Å². The largest absolute Gasteiger partial charge is 0.409 e. The highest BCUT2D eigenvalue weighted by atomic mass is 16.4. The minimum absolute atomic E-state index is 0.00384. The summed E-state index contributed by atoms with van der Waals surface area (Å²) in [6, 6.07) is 0. The number of amides is 1. The zero-order chi connectivity index (χ0) is 14.9. The second-order valence-electron chi connectivity index (χ2n) is 4.95. The van der Waals surface area contributed by atoms with Gasteiger partial charge in [-0.25, -0.2) is 0 Å². The lowest BCUT2D eigenvalue weighted by Crippen LogP contribution is -2.51. The van der Waals surface area contributed by atoms with Crippen molar-refractivity contribution in [1.82, 2.24) is 4.90 Å². The molecular weight excluding hydrogens is 242 g/mol. The van der Waals surface area contributed by atoms with Gasteiger partial charge in [0, 0.05) is 13.1 Å². The van der Waals surface area contributed by atoms with Gasteiger partial charge in [0.2, 0.25) is 5.91 Å². The quantitative estimate of drug-likeness (QED) is 0.293. The second kappa shape index (κ2) is 8.77. The summed E-state index contributed by atoms with van der Waals surface area (Å²) in [5, 5.41) is 12.2. The summed E-state index contributed by atoms with van der Waals surface area (Å²) in [5.74, 6) is 0.0478. The van der Waals surface area contributed by atoms with Crippen molar-refractivity contribution in [3.05, 3.63) is 0 Å². The molecule has 0 saturated heterocycles. The molecule has 0 aliphatic heterocycles. The Bertz CT molecular complexity index is 297. The van der Waals surface area contributed by atoms with Crippen LogP contribution in [0.3, 0.4) is 0 Å².